The number of hydrogen-bond donors (Lipinski definition) is 1. The second-order valence-electron chi connectivity index (χ2n) is 7.94. The van der Waals surface area contributed by atoms with E-state index in [4.69, 9.17) is 4.74 Å². The molecular weight excluding hydrogens is 484 g/mol. The molecule has 0 aliphatic carbocycles. The highest BCUT2D eigenvalue weighted by atomic mass is 32.2. The third kappa shape index (κ3) is 4.82. The molecular formula is C23H23F2N3O4S2. The molecule has 11 heteroatoms. The van der Waals surface area contributed by atoms with Crippen molar-refractivity contribution < 1.29 is 26.7 Å². The summed E-state index contributed by atoms with van der Waals surface area (Å²) in [5.41, 5.74) is 0.248. The molecule has 1 amide bonds. The third-order valence-electron chi connectivity index (χ3n) is 5.68. The Kier molecular flexibility index (Phi) is 6.96. The monoisotopic (exact) mass is 507 g/mol. The Hall–Kier alpha value is -2.89. The van der Waals surface area contributed by atoms with Gasteiger partial charge in [-0.1, -0.05) is 6.42 Å². The fourth-order valence-corrected chi connectivity index (χ4v) is 6.48. The topological polar surface area (TPSA) is 88.6 Å². The SMILES string of the molecule is COc1ccc(C(=O)Nc2nc(-c3cc(F)ccc3F)cs2)cc1S(=O)(=O)N1CCCC[C@@H]1C. The summed E-state index contributed by atoms with van der Waals surface area (Å²) in [6.07, 6.45) is 2.49. The van der Waals surface area contributed by atoms with Gasteiger partial charge in [-0.15, -0.1) is 11.3 Å². The van der Waals surface area contributed by atoms with Crippen LogP contribution in [0.5, 0.6) is 5.75 Å². The first-order valence-corrected chi connectivity index (χ1v) is 12.9. The fraction of sp³-hybridized carbons (Fsp3) is 0.304. The molecule has 7 nitrogen and oxygen atoms in total. The van der Waals surface area contributed by atoms with Crippen LogP contribution in [0.4, 0.5) is 13.9 Å². The number of methoxy groups -OCH3 is 1. The largest absolute Gasteiger partial charge is 0.495 e. The maximum absolute atomic E-state index is 14.0. The molecule has 3 aromatic rings. The molecule has 34 heavy (non-hydrogen) atoms. The van der Waals surface area contributed by atoms with Crippen molar-refractivity contribution in [2.24, 2.45) is 0 Å². The predicted molar refractivity (Wildman–Crippen MR) is 126 cm³/mol. The number of rotatable bonds is 6. The van der Waals surface area contributed by atoms with Crippen molar-refractivity contribution in [1.82, 2.24) is 9.29 Å². The number of benzene rings is 2. The fourth-order valence-electron chi connectivity index (χ4n) is 3.89. The van der Waals surface area contributed by atoms with E-state index in [1.807, 2.05) is 6.92 Å². The highest BCUT2D eigenvalue weighted by Crippen LogP contribution is 2.32. The van der Waals surface area contributed by atoms with Crippen LogP contribution in [0.3, 0.4) is 0 Å². The molecule has 180 valence electrons. The predicted octanol–water partition coefficient (Wildman–Crippen LogP) is 4.91. The molecule has 1 atom stereocenters. The lowest BCUT2D eigenvalue weighted by molar-refractivity contribution is 0.102. The van der Waals surface area contributed by atoms with E-state index < -0.39 is 27.6 Å². The Bertz CT molecular complexity index is 1330. The highest BCUT2D eigenvalue weighted by molar-refractivity contribution is 7.89. The number of hydrogen-bond acceptors (Lipinski definition) is 6. The Labute approximate surface area is 200 Å². The molecule has 1 aliphatic heterocycles. The van der Waals surface area contributed by atoms with Crippen LogP contribution in [0.2, 0.25) is 0 Å². The summed E-state index contributed by atoms with van der Waals surface area (Å²) in [6, 6.07) is 7.06. The van der Waals surface area contributed by atoms with E-state index in [-0.39, 0.29) is 38.6 Å². The normalized spacial score (nSPS) is 16.9. The average molecular weight is 508 g/mol. The van der Waals surface area contributed by atoms with Crippen LogP contribution >= 0.6 is 11.3 Å². The number of piperidine rings is 1. The maximum atomic E-state index is 14.0. The van der Waals surface area contributed by atoms with Crippen molar-refractivity contribution in [3.05, 3.63) is 59.0 Å². The number of sulfonamides is 1. The summed E-state index contributed by atoms with van der Waals surface area (Å²) in [7, 11) is -2.51. The van der Waals surface area contributed by atoms with Crippen LogP contribution in [0, 0.1) is 11.6 Å². The van der Waals surface area contributed by atoms with Gasteiger partial charge in [-0.25, -0.2) is 22.2 Å². The van der Waals surface area contributed by atoms with Crippen molar-refractivity contribution in [2.45, 2.75) is 37.1 Å². The molecule has 1 saturated heterocycles. The first kappa shape index (κ1) is 24.2. The van der Waals surface area contributed by atoms with Gasteiger partial charge in [0, 0.05) is 29.1 Å². The van der Waals surface area contributed by atoms with Crippen molar-refractivity contribution >= 4 is 32.4 Å². The Morgan fingerprint density at radius 3 is 2.74 bits per heavy atom. The molecule has 2 aromatic carbocycles. The second-order valence-corrected chi connectivity index (χ2v) is 10.7. The zero-order valence-corrected chi connectivity index (χ0v) is 20.2. The van der Waals surface area contributed by atoms with Crippen LogP contribution in [0.1, 0.15) is 36.5 Å². The van der Waals surface area contributed by atoms with Crippen LogP contribution in [-0.4, -0.2) is 43.3 Å². The number of halogens is 2. The molecule has 2 heterocycles. The number of amides is 1. The maximum Gasteiger partial charge on any atom is 0.257 e. The molecule has 4 rings (SSSR count). The molecule has 1 fully saturated rings. The average Bonchev–Trinajstić information content (AvgIpc) is 3.28. The molecule has 0 bridgehead atoms. The van der Waals surface area contributed by atoms with Gasteiger partial charge in [-0.05, 0) is 56.2 Å². The first-order valence-electron chi connectivity index (χ1n) is 10.6. The standard InChI is InChI=1S/C23H23F2N3O4S2/c1-14-5-3-4-10-28(14)34(30,31)21-11-15(6-9-20(21)32-2)22(29)27-23-26-19(13-33-23)17-12-16(24)7-8-18(17)25/h6-9,11-14H,3-5,10H2,1-2H3,(H,26,27,29)/t14-/m0/s1. The van der Waals surface area contributed by atoms with Crippen LogP contribution in [0.25, 0.3) is 11.3 Å². The number of aromatic nitrogens is 1. The van der Waals surface area contributed by atoms with Gasteiger partial charge in [-0.2, -0.15) is 4.31 Å². The van der Waals surface area contributed by atoms with Crippen LogP contribution in [-0.2, 0) is 10.0 Å². The van der Waals surface area contributed by atoms with E-state index in [2.05, 4.69) is 10.3 Å². The van der Waals surface area contributed by atoms with Crippen LogP contribution < -0.4 is 10.1 Å². The van der Waals surface area contributed by atoms with E-state index in [1.54, 1.807) is 0 Å². The summed E-state index contributed by atoms with van der Waals surface area (Å²) in [4.78, 5) is 17.0. The molecule has 1 aliphatic rings. The minimum absolute atomic E-state index is 0.0229. The van der Waals surface area contributed by atoms with Crippen molar-refractivity contribution in [3.63, 3.8) is 0 Å². The summed E-state index contributed by atoms with van der Waals surface area (Å²) >= 11 is 1.04. The smallest absolute Gasteiger partial charge is 0.257 e. The summed E-state index contributed by atoms with van der Waals surface area (Å²) in [6.45, 7) is 2.27. The number of nitrogens with one attached hydrogen (secondary N) is 1. The van der Waals surface area contributed by atoms with Gasteiger partial charge in [-0.3, -0.25) is 10.1 Å². The summed E-state index contributed by atoms with van der Waals surface area (Å²) < 4.78 is 61.0. The molecule has 0 radical (unpaired) electrons. The minimum Gasteiger partial charge on any atom is -0.495 e. The number of carbonyl (C=O) groups excluding carboxylic acids is 1. The van der Waals surface area contributed by atoms with E-state index in [1.165, 1.54) is 35.0 Å². The minimum atomic E-state index is -3.89. The molecule has 1 N–H and O–H groups in total. The zero-order chi connectivity index (χ0) is 24.5. The van der Waals surface area contributed by atoms with Gasteiger partial charge in [0.1, 0.15) is 22.3 Å². The number of carbonyl (C=O) groups is 1. The van der Waals surface area contributed by atoms with E-state index in [0.717, 1.165) is 48.8 Å². The molecule has 0 saturated carbocycles. The third-order valence-corrected chi connectivity index (χ3v) is 8.48. The number of nitrogens with zero attached hydrogens (tertiary/aromatic N) is 2. The lowest BCUT2D eigenvalue weighted by Gasteiger charge is -2.32. The zero-order valence-electron chi connectivity index (χ0n) is 18.5. The van der Waals surface area contributed by atoms with E-state index in [9.17, 15) is 22.0 Å². The summed E-state index contributed by atoms with van der Waals surface area (Å²) in [5.74, 6) is -1.69. The lowest BCUT2D eigenvalue weighted by Crippen LogP contribution is -2.42. The van der Waals surface area contributed by atoms with Gasteiger partial charge >= 0.3 is 0 Å². The van der Waals surface area contributed by atoms with Crippen LogP contribution in [0.15, 0.2) is 46.7 Å². The van der Waals surface area contributed by atoms with E-state index >= 15 is 0 Å². The second kappa shape index (κ2) is 9.77. The molecule has 0 unspecified atom stereocenters. The number of thiazole rings is 1. The number of anilines is 1. The van der Waals surface area contributed by atoms with Gasteiger partial charge in [0.15, 0.2) is 5.13 Å². The highest BCUT2D eigenvalue weighted by Gasteiger charge is 2.33. The van der Waals surface area contributed by atoms with E-state index in [0.29, 0.717) is 6.54 Å². The Morgan fingerprint density at radius 2 is 2.00 bits per heavy atom. The van der Waals surface area contributed by atoms with Crippen molar-refractivity contribution in [3.8, 4) is 17.0 Å². The van der Waals surface area contributed by atoms with Gasteiger partial charge in [0.25, 0.3) is 5.91 Å². The van der Waals surface area contributed by atoms with Crippen molar-refractivity contribution in [2.75, 3.05) is 19.0 Å². The number of ether oxygens (including phenoxy) is 1. The van der Waals surface area contributed by atoms with Gasteiger partial charge < -0.3 is 4.74 Å². The van der Waals surface area contributed by atoms with Crippen molar-refractivity contribution in [1.29, 1.82) is 0 Å². The van der Waals surface area contributed by atoms with Gasteiger partial charge in [0.2, 0.25) is 10.0 Å². The lowest BCUT2D eigenvalue weighted by atomic mass is 10.1. The quantitative estimate of drug-likeness (QED) is 0.512. The Balaban J connectivity index is 1.60. The molecule has 1 aromatic heterocycles. The Morgan fingerprint density at radius 1 is 1.21 bits per heavy atom. The summed E-state index contributed by atoms with van der Waals surface area (Å²) in [5, 5.41) is 4.25. The van der Waals surface area contributed by atoms with Gasteiger partial charge in [0.05, 0.1) is 12.8 Å². The first-order chi connectivity index (χ1) is 16.2. The molecule has 0 spiro atoms.